The number of rotatable bonds is 8. The summed E-state index contributed by atoms with van der Waals surface area (Å²) in [5.41, 5.74) is 4.53. The molecule has 184 valence electrons. The zero-order valence-corrected chi connectivity index (χ0v) is 21.4. The van der Waals surface area contributed by atoms with Crippen LogP contribution in [0, 0.1) is 12.8 Å². The lowest BCUT2D eigenvalue weighted by molar-refractivity contribution is -0.138. The molecular weight excluding hydrogens is 472 g/mol. The fourth-order valence-electron chi connectivity index (χ4n) is 3.85. The van der Waals surface area contributed by atoms with Crippen LogP contribution in [-0.4, -0.2) is 32.8 Å². The second-order valence-corrected chi connectivity index (χ2v) is 9.48. The van der Waals surface area contributed by atoms with Gasteiger partial charge in [0.1, 0.15) is 6.54 Å². The third-order valence-corrected chi connectivity index (χ3v) is 6.02. The van der Waals surface area contributed by atoms with E-state index >= 15 is 0 Å². The largest absolute Gasteiger partial charge is 0.329 e. The Balaban J connectivity index is 1.61. The quantitative estimate of drug-likeness (QED) is 0.316. The lowest BCUT2D eigenvalue weighted by Crippen LogP contribution is -2.40. The molecule has 0 fully saturated rings. The molecule has 0 saturated heterocycles. The van der Waals surface area contributed by atoms with Gasteiger partial charge >= 0.3 is 0 Å². The number of carbonyl (C=O) groups is 2. The summed E-state index contributed by atoms with van der Waals surface area (Å²) in [5, 5.41) is 3.57. The average Bonchev–Trinajstić information content (AvgIpc) is 3.28. The van der Waals surface area contributed by atoms with Gasteiger partial charge in [-0.3, -0.25) is 19.5 Å². The Hall–Kier alpha value is -3.90. The average molecular weight is 501 g/mol. The molecule has 0 unspecified atom stereocenters. The maximum atomic E-state index is 13.2. The van der Waals surface area contributed by atoms with Gasteiger partial charge in [0.15, 0.2) is 0 Å². The van der Waals surface area contributed by atoms with Crippen molar-refractivity contribution in [3.8, 4) is 16.9 Å². The van der Waals surface area contributed by atoms with Crippen molar-refractivity contribution in [2.75, 3.05) is 11.9 Å². The molecule has 1 N–H and O–H groups in total. The minimum atomic E-state index is -0.318. The van der Waals surface area contributed by atoms with Crippen LogP contribution in [0.3, 0.4) is 0 Å². The SMILES string of the molecule is Cc1ccc(-n2cc(-c3ccc(Cl)cc3)nc2NC(=O)CN(Cc2ccccc2)C(=O)C(C)C)cc1. The van der Waals surface area contributed by atoms with Crippen LogP contribution in [0.5, 0.6) is 0 Å². The minimum Gasteiger partial charge on any atom is -0.329 e. The van der Waals surface area contributed by atoms with Crippen LogP contribution in [0.25, 0.3) is 16.9 Å². The highest BCUT2D eigenvalue weighted by Gasteiger charge is 2.22. The topological polar surface area (TPSA) is 67.2 Å². The van der Waals surface area contributed by atoms with Crippen molar-refractivity contribution >= 4 is 29.4 Å². The van der Waals surface area contributed by atoms with Crippen LogP contribution in [0.4, 0.5) is 5.95 Å². The Morgan fingerprint density at radius 3 is 2.28 bits per heavy atom. The standard InChI is InChI=1S/C29H29ClN4O2/c1-20(2)28(36)33(17-22-7-5-4-6-8-22)19-27(35)32-29-31-26(23-11-13-24(30)14-12-23)18-34(29)25-15-9-21(3)10-16-25/h4-16,18,20H,17,19H2,1-3H3,(H,31,32,35). The molecule has 4 rings (SSSR count). The molecule has 0 atom stereocenters. The number of carbonyl (C=O) groups excluding carboxylic acids is 2. The Morgan fingerprint density at radius 2 is 1.64 bits per heavy atom. The van der Waals surface area contributed by atoms with E-state index in [1.54, 1.807) is 17.0 Å². The van der Waals surface area contributed by atoms with E-state index in [2.05, 4.69) is 5.32 Å². The van der Waals surface area contributed by atoms with E-state index in [-0.39, 0.29) is 24.3 Å². The van der Waals surface area contributed by atoms with E-state index in [0.29, 0.717) is 23.2 Å². The summed E-state index contributed by atoms with van der Waals surface area (Å²) in [6.07, 6.45) is 1.88. The summed E-state index contributed by atoms with van der Waals surface area (Å²) in [7, 11) is 0. The number of aromatic nitrogens is 2. The molecule has 0 aliphatic rings. The van der Waals surface area contributed by atoms with Crippen LogP contribution >= 0.6 is 11.6 Å². The number of nitrogens with one attached hydrogen (secondary N) is 1. The Bertz CT molecular complexity index is 1330. The molecule has 0 aliphatic carbocycles. The lowest BCUT2D eigenvalue weighted by Gasteiger charge is -2.24. The van der Waals surface area contributed by atoms with Gasteiger partial charge in [0.2, 0.25) is 17.8 Å². The number of benzene rings is 3. The van der Waals surface area contributed by atoms with Crippen LogP contribution < -0.4 is 5.32 Å². The summed E-state index contributed by atoms with van der Waals surface area (Å²) in [5.74, 6) is -0.252. The van der Waals surface area contributed by atoms with E-state index in [9.17, 15) is 9.59 Å². The first-order valence-electron chi connectivity index (χ1n) is 11.8. The molecule has 0 spiro atoms. The molecule has 0 radical (unpaired) electrons. The summed E-state index contributed by atoms with van der Waals surface area (Å²) < 4.78 is 1.84. The van der Waals surface area contributed by atoms with Gasteiger partial charge in [0.25, 0.3) is 0 Å². The van der Waals surface area contributed by atoms with Crippen molar-refractivity contribution in [2.45, 2.75) is 27.3 Å². The van der Waals surface area contributed by atoms with Crippen LogP contribution in [-0.2, 0) is 16.1 Å². The third kappa shape index (κ3) is 6.20. The molecule has 2 amide bonds. The van der Waals surface area contributed by atoms with Crippen molar-refractivity contribution in [1.82, 2.24) is 14.5 Å². The number of hydrogen-bond acceptors (Lipinski definition) is 3. The maximum absolute atomic E-state index is 13.2. The molecular formula is C29H29ClN4O2. The van der Waals surface area contributed by atoms with Gasteiger partial charge in [-0.1, -0.05) is 85.6 Å². The summed E-state index contributed by atoms with van der Waals surface area (Å²) in [6.45, 7) is 5.96. The van der Waals surface area contributed by atoms with Gasteiger partial charge < -0.3 is 4.90 Å². The van der Waals surface area contributed by atoms with Gasteiger partial charge in [0, 0.05) is 34.9 Å². The zero-order chi connectivity index (χ0) is 25.7. The first-order chi connectivity index (χ1) is 17.3. The van der Waals surface area contributed by atoms with Crippen molar-refractivity contribution in [3.05, 3.63) is 101 Å². The zero-order valence-electron chi connectivity index (χ0n) is 20.6. The number of halogens is 1. The molecule has 0 aliphatic heterocycles. The van der Waals surface area contributed by atoms with E-state index < -0.39 is 0 Å². The summed E-state index contributed by atoms with van der Waals surface area (Å²) in [4.78, 5) is 32.4. The smallest absolute Gasteiger partial charge is 0.246 e. The van der Waals surface area contributed by atoms with Gasteiger partial charge in [-0.05, 0) is 36.8 Å². The molecule has 3 aromatic carbocycles. The number of aryl methyl sites for hydroxylation is 1. The highest BCUT2D eigenvalue weighted by Crippen LogP contribution is 2.26. The van der Waals surface area contributed by atoms with E-state index in [1.165, 1.54) is 0 Å². The van der Waals surface area contributed by atoms with Crippen LogP contribution in [0.15, 0.2) is 85.1 Å². The predicted molar refractivity (Wildman–Crippen MR) is 144 cm³/mol. The molecule has 0 saturated carbocycles. The second kappa shape index (κ2) is 11.2. The molecule has 36 heavy (non-hydrogen) atoms. The van der Waals surface area contributed by atoms with Gasteiger partial charge in [-0.25, -0.2) is 4.98 Å². The lowest BCUT2D eigenvalue weighted by atomic mass is 10.1. The molecule has 4 aromatic rings. The molecule has 6 nitrogen and oxygen atoms in total. The molecule has 1 heterocycles. The van der Waals surface area contributed by atoms with Crippen LogP contribution in [0.1, 0.15) is 25.0 Å². The monoisotopic (exact) mass is 500 g/mol. The molecule has 0 bridgehead atoms. The number of hydrogen-bond donors (Lipinski definition) is 1. The number of amides is 2. The number of anilines is 1. The van der Waals surface area contributed by atoms with Crippen LogP contribution in [0.2, 0.25) is 5.02 Å². The van der Waals surface area contributed by atoms with Crippen molar-refractivity contribution in [3.63, 3.8) is 0 Å². The van der Waals surface area contributed by atoms with Gasteiger partial charge in [0.05, 0.1) is 5.69 Å². The fourth-order valence-corrected chi connectivity index (χ4v) is 3.97. The van der Waals surface area contributed by atoms with Crippen molar-refractivity contribution in [1.29, 1.82) is 0 Å². The fraction of sp³-hybridized carbons (Fsp3) is 0.207. The highest BCUT2D eigenvalue weighted by atomic mass is 35.5. The van der Waals surface area contributed by atoms with Crippen molar-refractivity contribution < 1.29 is 9.59 Å². The Labute approximate surface area is 216 Å². The van der Waals surface area contributed by atoms with Crippen molar-refractivity contribution in [2.24, 2.45) is 5.92 Å². The third-order valence-electron chi connectivity index (χ3n) is 5.77. The summed E-state index contributed by atoms with van der Waals surface area (Å²) in [6, 6.07) is 25.0. The van der Waals surface area contributed by atoms with E-state index in [4.69, 9.17) is 16.6 Å². The first-order valence-corrected chi connectivity index (χ1v) is 12.2. The van der Waals surface area contributed by atoms with E-state index in [1.807, 2.05) is 98.3 Å². The first kappa shape index (κ1) is 25.2. The molecule has 7 heteroatoms. The Kier molecular flexibility index (Phi) is 7.86. The Morgan fingerprint density at radius 1 is 0.972 bits per heavy atom. The second-order valence-electron chi connectivity index (χ2n) is 9.04. The van der Waals surface area contributed by atoms with E-state index in [0.717, 1.165) is 22.4 Å². The number of nitrogens with zero attached hydrogens (tertiary/aromatic N) is 3. The maximum Gasteiger partial charge on any atom is 0.246 e. The number of imidazole rings is 1. The minimum absolute atomic E-state index is 0.0804. The predicted octanol–water partition coefficient (Wildman–Crippen LogP) is 6.12. The van der Waals surface area contributed by atoms with Gasteiger partial charge in [-0.15, -0.1) is 0 Å². The molecule has 1 aromatic heterocycles. The normalized spacial score (nSPS) is 10.9. The van der Waals surface area contributed by atoms with Gasteiger partial charge in [-0.2, -0.15) is 0 Å². The summed E-state index contributed by atoms with van der Waals surface area (Å²) >= 11 is 6.05. The highest BCUT2D eigenvalue weighted by molar-refractivity contribution is 6.30.